The molecule has 2 aliphatic heterocycles. The van der Waals surface area contributed by atoms with Crippen LogP contribution < -0.4 is 0 Å². The molecule has 0 unspecified atom stereocenters. The molecule has 3 atom stereocenters. The van der Waals surface area contributed by atoms with Gasteiger partial charge < -0.3 is 4.74 Å². The highest BCUT2D eigenvalue weighted by Crippen LogP contribution is 2.54. The van der Waals surface area contributed by atoms with Gasteiger partial charge in [0.15, 0.2) is 0 Å². The molecular weight excluding hydrogens is 346 g/mol. The molecule has 2 aliphatic rings. The van der Waals surface area contributed by atoms with Crippen molar-refractivity contribution in [1.82, 2.24) is 4.90 Å². The SMILES string of the molecule is CC(C)(C)OC(=O)[C@@H]1C[C@@]2(c3ccccc3)CCC[C@@H]1N2Cc1ccccc1. The van der Waals surface area contributed by atoms with E-state index in [4.69, 9.17) is 4.74 Å². The van der Waals surface area contributed by atoms with E-state index in [1.54, 1.807) is 0 Å². The number of carbonyl (C=O) groups excluding carboxylic acids is 1. The van der Waals surface area contributed by atoms with Gasteiger partial charge in [-0.25, -0.2) is 0 Å². The van der Waals surface area contributed by atoms with Crippen LogP contribution in [0.5, 0.6) is 0 Å². The Morgan fingerprint density at radius 2 is 1.71 bits per heavy atom. The monoisotopic (exact) mass is 377 g/mol. The van der Waals surface area contributed by atoms with Crippen molar-refractivity contribution in [3.8, 4) is 0 Å². The van der Waals surface area contributed by atoms with Crippen molar-refractivity contribution in [2.75, 3.05) is 0 Å². The fourth-order valence-corrected chi connectivity index (χ4v) is 5.20. The van der Waals surface area contributed by atoms with Gasteiger partial charge in [-0.3, -0.25) is 9.69 Å². The van der Waals surface area contributed by atoms with Crippen molar-refractivity contribution < 1.29 is 9.53 Å². The van der Waals surface area contributed by atoms with E-state index < -0.39 is 5.60 Å². The second kappa shape index (κ2) is 7.36. The topological polar surface area (TPSA) is 29.5 Å². The molecule has 3 nitrogen and oxygen atoms in total. The lowest BCUT2D eigenvalue weighted by Gasteiger charge is -2.45. The Labute approximate surface area is 168 Å². The molecule has 148 valence electrons. The lowest BCUT2D eigenvalue weighted by atomic mass is 9.81. The summed E-state index contributed by atoms with van der Waals surface area (Å²) in [4.78, 5) is 15.7. The van der Waals surface area contributed by atoms with Gasteiger partial charge in [-0.2, -0.15) is 0 Å². The first kappa shape index (κ1) is 19.2. The first-order chi connectivity index (χ1) is 13.4. The Morgan fingerprint density at radius 3 is 2.36 bits per heavy atom. The minimum Gasteiger partial charge on any atom is -0.460 e. The van der Waals surface area contributed by atoms with Gasteiger partial charge in [0.25, 0.3) is 0 Å². The molecule has 2 aromatic rings. The first-order valence-electron chi connectivity index (χ1n) is 10.5. The Kier molecular flexibility index (Phi) is 5.05. The normalized spacial score (nSPS) is 27.5. The highest BCUT2D eigenvalue weighted by molar-refractivity contribution is 5.75. The zero-order valence-corrected chi connectivity index (χ0v) is 17.2. The van der Waals surface area contributed by atoms with Crippen molar-refractivity contribution >= 4 is 5.97 Å². The van der Waals surface area contributed by atoms with Gasteiger partial charge in [0.2, 0.25) is 0 Å². The highest BCUT2D eigenvalue weighted by atomic mass is 16.6. The highest BCUT2D eigenvalue weighted by Gasteiger charge is 2.57. The van der Waals surface area contributed by atoms with E-state index in [1.165, 1.54) is 11.1 Å². The van der Waals surface area contributed by atoms with Gasteiger partial charge in [0.1, 0.15) is 5.60 Å². The van der Waals surface area contributed by atoms with Crippen LogP contribution >= 0.6 is 0 Å². The molecule has 2 fully saturated rings. The standard InChI is InChI=1S/C25H31NO2/c1-24(2,3)28-23(27)21-17-25(20-13-8-5-9-14-20)16-10-15-22(21)26(25)18-19-11-6-4-7-12-19/h4-9,11-14,21-22H,10,15-18H2,1-3H3/t21-,22+,25-/m1/s1. The molecule has 0 N–H and O–H groups in total. The summed E-state index contributed by atoms with van der Waals surface area (Å²) in [6.07, 6.45) is 4.17. The molecule has 0 radical (unpaired) electrons. The number of benzene rings is 2. The minimum absolute atomic E-state index is 0.0322. The molecule has 2 aromatic carbocycles. The molecule has 0 aromatic heterocycles. The van der Waals surface area contributed by atoms with Crippen LogP contribution in [0.4, 0.5) is 0 Å². The zero-order valence-electron chi connectivity index (χ0n) is 17.2. The van der Waals surface area contributed by atoms with E-state index in [9.17, 15) is 4.79 Å². The third kappa shape index (κ3) is 3.60. The maximum atomic E-state index is 13.1. The van der Waals surface area contributed by atoms with Crippen LogP contribution in [-0.4, -0.2) is 22.5 Å². The van der Waals surface area contributed by atoms with Crippen LogP contribution in [0.3, 0.4) is 0 Å². The van der Waals surface area contributed by atoms with Crippen molar-refractivity contribution in [1.29, 1.82) is 0 Å². The Bertz CT molecular complexity index is 811. The number of carbonyl (C=O) groups is 1. The van der Waals surface area contributed by atoms with E-state index in [0.717, 1.165) is 32.2 Å². The van der Waals surface area contributed by atoms with Crippen LogP contribution in [0.2, 0.25) is 0 Å². The van der Waals surface area contributed by atoms with Crippen molar-refractivity contribution in [2.45, 2.75) is 70.2 Å². The summed E-state index contributed by atoms with van der Waals surface area (Å²) in [5.41, 5.74) is 2.11. The molecule has 3 heteroatoms. The summed E-state index contributed by atoms with van der Waals surface area (Å²) < 4.78 is 5.84. The van der Waals surface area contributed by atoms with E-state index in [-0.39, 0.29) is 23.5 Å². The molecule has 0 amide bonds. The average molecular weight is 378 g/mol. The molecule has 28 heavy (non-hydrogen) atoms. The maximum Gasteiger partial charge on any atom is 0.311 e. The molecule has 4 rings (SSSR count). The fraction of sp³-hybridized carbons (Fsp3) is 0.480. The van der Waals surface area contributed by atoms with Crippen LogP contribution in [0, 0.1) is 5.92 Å². The quantitative estimate of drug-likeness (QED) is 0.677. The number of hydrogen-bond donors (Lipinski definition) is 0. The number of fused-ring (bicyclic) bond motifs is 2. The summed E-state index contributed by atoms with van der Waals surface area (Å²) in [5, 5.41) is 0. The second-order valence-electron chi connectivity index (χ2n) is 9.31. The summed E-state index contributed by atoms with van der Waals surface area (Å²) in [6, 6.07) is 21.7. The van der Waals surface area contributed by atoms with Gasteiger partial charge in [0, 0.05) is 18.1 Å². The van der Waals surface area contributed by atoms with E-state index in [0.29, 0.717) is 0 Å². The summed E-state index contributed by atoms with van der Waals surface area (Å²) >= 11 is 0. The average Bonchev–Trinajstić information content (AvgIpc) is 2.84. The number of nitrogens with zero attached hydrogens (tertiary/aromatic N) is 1. The summed E-state index contributed by atoms with van der Waals surface area (Å²) in [6.45, 7) is 6.75. The number of hydrogen-bond acceptors (Lipinski definition) is 3. The first-order valence-corrected chi connectivity index (χ1v) is 10.5. The Hall–Kier alpha value is -2.13. The van der Waals surface area contributed by atoms with Gasteiger partial charge >= 0.3 is 5.97 Å². The van der Waals surface area contributed by atoms with Crippen molar-refractivity contribution in [2.24, 2.45) is 5.92 Å². The van der Waals surface area contributed by atoms with E-state index in [2.05, 4.69) is 65.6 Å². The molecule has 2 bridgehead atoms. The van der Waals surface area contributed by atoms with Crippen LogP contribution in [0.15, 0.2) is 60.7 Å². The molecular formula is C25H31NO2. The van der Waals surface area contributed by atoms with E-state index >= 15 is 0 Å². The van der Waals surface area contributed by atoms with Gasteiger partial charge in [0.05, 0.1) is 5.92 Å². The van der Waals surface area contributed by atoms with Gasteiger partial charge in [-0.15, -0.1) is 0 Å². The molecule has 0 spiro atoms. The number of esters is 1. The Morgan fingerprint density at radius 1 is 1.07 bits per heavy atom. The molecule has 2 saturated heterocycles. The summed E-state index contributed by atoms with van der Waals surface area (Å²) in [7, 11) is 0. The van der Waals surface area contributed by atoms with E-state index in [1.807, 2.05) is 20.8 Å². The third-order valence-corrected chi connectivity index (χ3v) is 6.28. The van der Waals surface area contributed by atoms with Crippen molar-refractivity contribution in [3.63, 3.8) is 0 Å². The smallest absolute Gasteiger partial charge is 0.311 e. The van der Waals surface area contributed by atoms with Gasteiger partial charge in [-0.1, -0.05) is 60.7 Å². The molecule has 0 aliphatic carbocycles. The number of piperidine rings is 1. The minimum atomic E-state index is -0.446. The van der Waals surface area contributed by atoms with Crippen molar-refractivity contribution in [3.05, 3.63) is 71.8 Å². The number of ether oxygens (including phenoxy) is 1. The third-order valence-electron chi connectivity index (χ3n) is 6.28. The molecule has 2 heterocycles. The van der Waals surface area contributed by atoms with Crippen LogP contribution in [-0.2, 0) is 21.6 Å². The Balaban J connectivity index is 1.72. The number of rotatable bonds is 4. The lowest BCUT2D eigenvalue weighted by molar-refractivity contribution is -0.161. The lowest BCUT2D eigenvalue weighted by Crippen LogP contribution is -2.48. The summed E-state index contributed by atoms with van der Waals surface area (Å²) in [5.74, 6) is -0.0964. The zero-order chi connectivity index (χ0) is 19.8. The van der Waals surface area contributed by atoms with Crippen LogP contribution in [0.25, 0.3) is 0 Å². The van der Waals surface area contributed by atoms with Gasteiger partial charge in [-0.05, 0) is 57.6 Å². The largest absolute Gasteiger partial charge is 0.460 e. The maximum absolute atomic E-state index is 13.1. The second-order valence-corrected chi connectivity index (χ2v) is 9.31. The predicted octanol–water partition coefficient (Wildman–Crippen LogP) is 5.30. The predicted molar refractivity (Wildman–Crippen MR) is 112 cm³/mol. The molecule has 0 saturated carbocycles. The fourth-order valence-electron chi connectivity index (χ4n) is 5.20. The van der Waals surface area contributed by atoms with Crippen LogP contribution in [0.1, 0.15) is 57.6 Å².